The average Bonchev–Trinajstić information content (AvgIpc) is 2.60. The summed E-state index contributed by atoms with van der Waals surface area (Å²) >= 11 is 0. The van der Waals surface area contributed by atoms with Crippen LogP contribution in [0.2, 0.25) is 0 Å². The van der Waals surface area contributed by atoms with Crippen molar-refractivity contribution >= 4 is 28.4 Å². The Hall–Kier alpha value is -2.63. The smallest absolute Gasteiger partial charge is 0.248 e. The second-order valence-corrected chi connectivity index (χ2v) is 6.54. The predicted molar refractivity (Wildman–Crippen MR) is 97.6 cm³/mol. The molecule has 25 heavy (non-hydrogen) atoms. The summed E-state index contributed by atoms with van der Waals surface area (Å²) in [5.41, 5.74) is 2.27. The van der Waals surface area contributed by atoms with Gasteiger partial charge < -0.3 is 15.2 Å². The molecule has 6 nitrogen and oxygen atoms in total. The fourth-order valence-corrected chi connectivity index (χ4v) is 3.40. The maximum atomic E-state index is 12.5. The van der Waals surface area contributed by atoms with Crippen molar-refractivity contribution in [2.45, 2.75) is 33.1 Å². The van der Waals surface area contributed by atoms with Gasteiger partial charge in [0.25, 0.3) is 0 Å². The molecular formula is C19H23N3O3. The summed E-state index contributed by atoms with van der Waals surface area (Å²) in [7, 11) is 0. The van der Waals surface area contributed by atoms with Crippen LogP contribution in [0.5, 0.6) is 0 Å². The number of likely N-dealkylation sites (tertiary alicyclic amines) is 1. The van der Waals surface area contributed by atoms with E-state index in [9.17, 15) is 14.4 Å². The third-order valence-corrected chi connectivity index (χ3v) is 4.89. The molecule has 1 saturated heterocycles. The Morgan fingerprint density at radius 2 is 1.96 bits per heavy atom. The van der Waals surface area contributed by atoms with Gasteiger partial charge in [0, 0.05) is 43.1 Å². The Kier molecular flexibility index (Phi) is 4.88. The number of nitrogens with zero attached hydrogens (tertiary/aromatic N) is 1. The van der Waals surface area contributed by atoms with Gasteiger partial charge in [0.1, 0.15) is 0 Å². The second-order valence-electron chi connectivity index (χ2n) is 6.54. The van der Waals surface area contributed by atoms with Crippen LogP contribution in [0.15, 0.2) is 29.1 Å². The van der Waals surface area contributed by atoms with Gasteiger partial charge >= 0.3 is 0 Å². The minimum Gasteiger partial charge on any atom is -0.343 e. The van der Waals surface area contributed by atoms with Gasteiger partial charge in [-0.05, 0) is 37.0 Å². The molecule has 132 valence electrons. The quantitative estimate of drug-likeness (QED) is 0.898. The highest BCUT2D eigenvalue weighted by molar-refractivity contribution is 5.95. The van der Waals surface area contributed by atoms with Crippen molar-refractivity contribution in [3.8, 4) is 0 Å². The Balaban J connectivity index is 1.74. The standard InChI is InChI=1S/C19H23N3O3/c1-3-13-10-18(24)21-17-11-15(4-5-16(13)17)20-19(25)14-6-8-22(9-7-14)12(2)23/h4-5,10-11,14H,3,6-9H2,1-2H3,(H,20,25)(H,21,24). The number of anilines is 1. The number of hydrogen-bond donors (Lipinski definition) is 2. The highest BCUT2D eigenvalue weighted by atomic mass is 16.2. The molecule has 6 heteroatoms. The van der Waals surface area contributed by atoms with E-state index in [-0.39, 0.29) is 23.3 Å². The highest BCUT2D eigenvalue weighted by Gasteiger charge is 2.26. The van der Waals surface area contributed by atoms with Crippen LogP contribution in [0, 0.1) is 5.92 Å². The maximum Gasteiger partial charge on any atom is 0.248 e. The SMILES string of the molecule is CCc1cc(=O)[nH]c2cc(NC(=O)C3CCN(C(C)=O)CC3)ccc12. The predicted octanol–water partition coefficient (Wildman–Crippen LogP) is 2.29. The number of aromatic amines is 1. The molecule has 0 atom stereocenters. The molecular weight excluding hydrogens is 318 g/mol. The van der Waals surface area contributed by atoms with Gasteiger partial charge in [-0.3, -0.25) is 14.4 Å². The van der Waals surface area contributed by atoms with E-state index in [0.29, 0.717) is 31.6 Å². The van der Waals surface area contributed by atoms with Gasteiger partial charge in [0.2, 0.25) is 17.4 Å². The van der Waals surface area contributed by atoms with Crippen molar-refractivity contribution in [2.24, 2.45) is 5.92 Å². The molecule has 0 aliphatic carbocycles. The highest BCUT2D eigenvalue weighted by Crippen LogP contribution is 2.23. The number of nitrogens with one attached hydrogen (secondary N) is 2. The number of benzene rings is 1. The molecule has 1 fully saturated rings. The number of pyridine rings is 1. The first-order chi connectivity index (χ1) is 12.0. The van der Waals surface area contributed by atoms with Crippen molar-refractivity contribution < 1.29 is 9.59 Å². The number of aryl methyl sites for hydroxylation is 1. The van der Waals surface area contributed by atoms with Gasteiger partial charge in [-0.25, -0.2) is 0 Å². The minimum absolute atomic E-state index is 0.0310. The van der Waals surface area contributed by atoms with Crippen molar-refractivity contribution in [3.05, 3.63) is 40.2 Å². The molecule has 1 aromatic heterocycles. The monoisotopic (exact) mass is 341 g/mol. The zero-order chi connectivity index (χ0) is 18.0. The molecule has 0 radical (unpaired) electrons. The van der Waals surface area contributed by atoms with Crippen molar-refractivity contribution in [3.63, 3.8) is 0 Å². The lowest BCUT2D eigenvalue weighted by molar-refractivity contribution is -0.132. The van der Waals surface area contributed by atoms with Crippen LogP contribution in [0.4, 0.5) is 5.69 Å². The topological polar surface area (TPSA) is 82.3 Å². The Bertz CT molecular complexity index is 864. The number of rotatable bonds is 3. The molecule has 1 aliphatic heterocycles. The molecule has 0 unspecified atom stereocenters. The Morgan fingerprint density at radius 1 is 1.24 bits per heavy atom. The van der Waals surface area contributed by atoms with Gasteiger partial charge in [0.15, 0.2) is 0 Å². The van der Waals surface area contributed by atoms with E-state index in [1.807, 2.05) is 19.1 Å². The van der Waals surface area contributed by atoms with Gasteiger partial charge in [0.05, 0.1) is 5.52 Å². The first-order valence-electron chi connectivity index (χ1n) is 8.70. The molecule has 2 aromatic rings. The summed E-state index contributed by atoms with van der Waals surface area (Å²) < 4.78 is 0. The second kappa shape index (κ2) is 7.09. The normalized spacial score (nSPS) is 15.4. The van der Waals surface area contributed by atoms with Crippen LogP contribution < -0.4 is 10.9 Å². The van der Waals surface area contributed by atoms with Crippen LogP contribution >= 0.6 is 0 Å². The molecule has 3 rings (SSSR count). The van der Waals surface area contributed by atoms with Gasteiger partial charge in [-0.1, -0.05) is 13.0 Å². The zero-order valence-electron chi connectivity index (χ0n) is 14.6. The zero-order valence-corrected chi connectivity index (χ0v) is 14.6. The summed E-state index contributed by atoms with van der Waals surface area (Å²) in [6.45, 7) is 4.81. The molecule has 1 aliphatic rings. The van der Waals surface area contributed by atoms with Gasteiger partial charge in [-0.15, -0.1) is 0 Å². The number of piperidine rings is 1. The van der Waals surface area contributed by atoms with E-state index in [1.54, 1.807) is 24.0 Å². The number of amides is 2. The third kappa shape index (κ3) is 3.73. The van der Waals surface area contributed by atoms with E-state index >= 15 is 0 Å². The lowest BCUT2D eigenvalue weighted by Gasteiger charge is -2.30. The fourth-order valence-electron chi connectivity index (χ4n) is 3.40. The van der Waals surface area contributed by atoms with Crippen LogP contribution in [0.3, 0.4) is 0 Å². The number of H-pyrrole nitrogens is 1. The summed E-state index contributed by atoms with van der Waals surface area (Å²) in [5.74, 6) is -0.0621. The first-order valence-corrected chi connectivity index (χ1v) is 8.70. The largest absolute Gasteiger partial charge is 0.343 e. The maximum absolute atomic E-state index is 12.5. The molecule has 0 bridgehead atoms. The molecule has 0 saturated carbocycles. The Morgan fingerprint density at radius 3 is 2.60 bits per heavy atom. The van der Waals surface area contributed by atoms with E-state index in [0.717, 1.165) is 22.9 Å². The lowest BCUT2D eigenvalue weighted by Crippen LogP contribution is -2.40. The summed E-state index contributed by atoms with van der Waals surface area (Å²) in [5, 5.41) is 3.94. The number of aromatic nitrogens is 1. The van der Waals surface area contributed by atoms with E-state index in [2.05, 4.69) is 10.3 Å². The number of carbonyl (C=O) groups is 2. The van der Waals surface area contributed by atoms with Crippen LogP contribution in [0.25, 0.3) is 10.9 Å². The van der Waals surface area contributed by atoms with E-state index in [1.165, 1.54) is 0 Å². The fraction of sp³-hybridized carbons (Fsp3) is 0.421. The van der Waals surface area contributed by atoms with Crippen molar-refractivity contribution in [1.29, 1.82) is 0 Å². The molecule has 2 amide bonds. The van der Waals surface area contributed by atoms with E-state index < -0.39 is 0 Å². The molecule has 0 spiro atoms. The number of hydrogen-bond acceptors (Lipinski definition) is 3. The average molecular weight is 341 g/mol. The minimum atomic E-state index is -0.135. The summed E-state index contributed by atoms with van der Waals surface area (Å²) in [6, 6.07) is 7.21. The van der Waals surface area contributed by atoms with Crippen LogP contribution in [-0.2, 0) is 16.0 Å². The lowest BCUT2D eigenvalue weighted by atomic mass is 9.95. The third-order valence-electron chi connectivity index (χ3n) is 4.89. The van der Waals surface area contributed by atoms with Crippen molar-refractivity contribution in [2.75, 3.05) is 18.4 Å². The molecule has 2 heterocycles. The molecule has 2 N–H and O–H groups in total. The van der Waals surface area contributed by atoms with Crippen molar-refractivity contribution in [1.82, 2.24) is 9.88 Å². The Labute approximate surface area is 146 Å². The van der Waals surface area contributed by atoms with Crippen LogP contribution in [-0.4, -0.2) is 34.8 Å². The number of fused-ring (bicyclic) bond motifs is 1. The summed E-state index contributed by atoms with van der Waals surface area (Å²) in [6.07, 6.45) is 2.13. The summed E-state index contributed by atoms with van der Waals surface area (Å²) in [4.78, 5) is 40.2. The van der Waals surface area contributed by atoms with Crippen LogP contribution in [0.1, 0.15) is 32.3 Å². The first kappa shape index (κ1) is 17.2. The van der Waals surface area contributed by atoms with Gasteiger partial charge in [-0.2, -0.15) is 0 Å². The number of carbonyl (C=O) groups excluding carboxylic acids is 2. The van der Waals surface area contributed by atoms with E-state index in [4.69, 9.17) is 0 Å². The molecule has 1 aromatic carbocycles.